The Balaban J connectivity index is 2.91. The summed E-state index contributed by atoms with van der Waals surface area (Å²) in [5, 5.41) is 1.89. The molecule has 2 nitrogen and oxygen atoms in total. The number of amides is 1. The van der Waals surface area contributed by atoms with Crippen molar-refractivity contribution in [3.63, 3.8) is 0 Å². The van der Waals surface area contributed by atoms with Crippen molar-refractivity contribution in [3.8, 4) is 12.3 Å². The summed E-state index contributed by atoms with van der Waals surface area (Å²) in [6.45, 7) is 4.33. The molecule has 0 radical (unpaired) electrons. The van der Waals surface area contributed by atoms with Gasteiger partial charge in [-0.1, -0.05) is 5.92 Å². The van der Waals surface area contributed by atoms with E-state index in [-0.39, 0.29) is 5.91 Å². The van der Waals surface area contributed by atoms with Gasteiger partial charge < -0.3 is 4.90 Å². The lowest BCUT2D eigenvalue weighted by molar-refractivity contribution is 0.0812. The fraction of sp³-hybridized carbons (Fsp3) is 0.364. The summed E-state index contributed by atoms with van der Waals surface area (Å²) in [6, 6.07) is 0. The second kappa shape index (κ2) is 4.30. The predicted molar refractivity (Wildman–Crippen MR) is 59.6 cm³/mol. The summed E-state index contributed by atoms with van der Waals surface area (Å²) in [5.41, 5.74) is 1.83. The molecule has 14 heavy (non-hydrogen) atoms. The number of hydrogen-bond acceptors (Lipinski definition) is 2. The molecular weight excluding hydrogens is 194 g/mol. The molecule has 0 aliphatic carbocycles. The number of terminal acetylenes is 1. The van der Waals surface area contributed by atoms with E-state index in [9.17, 15) is 4.79 Å². The van der Waals surface area contributed by atoms with E-state index in [4.69, 9.17) is 6.42 Å². The van der Waals surface area contributed by atoms with Crippen LogP contribution in [0.3, 0.4) is 0 Å². The number of thiophene rings is 1. The summed E-state index contributed by atoms with van der Waals surface area (Å²) < 4.78 is 0. The Morgan fingerprint density at radius 3 is 2.71 bits per heavy atom. The summed E-state index contributed by atoms with van der Waals surface area (Å²) in [4.78, 5) is 14.5. The molecular formula is C11H13NOS. The number of aryl methyl sites for hydroxylation is 1. The third kappa shape index (κ3) is 1.97. The molecule has 0 saturated carbocycles. The Hall–Kier alpha value is -1.27. The smallest absolute Gasteiger partial charge is 0.255 e. The summed E-state index contributed by atoms with van der Waals surface area (Å²) in [6.07, 6.45) is 5.15. The molecule has 0 unspecified atom stereocenters. The number of carbonyl (C=O) groups is 1. The first-order valence-corrected chi connectivity index (χ1v) is 5.19. The highest BCUT2D eigenvalue weighted by Gasteiger charge is 2.15. The van der Waals surface area contributed by atoms with Gasteiger partial charge >= 0.3 is 0 Å². The van der Waals surface area contributed by atoms with Crippen LogP contribution in [0.2, 0.25) is 0 Å². The van der Waals surface area contributed by atoms with Gasteiger partial charge in [-0.05, 0) is 19.4 Å². The molecule has 1 rings (SSSR count). The van der Waals surface area contributed by atoms with Crippen LogP contribution in [-0.2, 0) is 0 Å². The molecule has 1 aromatic rings. The van der Waals surface area contributed by atoms with Crippen LogP contribution in [0.5, 0.6) is 0 Å². The van der Waals surface area contributed by atoms with Gasteiger partial charge in [0, 0.05) is 17.3 Å². The van der Waals surface area contributed by atoms with Crippen LogP contribution in [0.15, 0.2) is 5.38 Å². The zero-order valence-corrected chi connectivity index (χ0v) is 9.44. The molecule has 1 heterocycles. The van der Waals surface area contributed by atoms with Crippen LogP contribution in [-0.4, -0.2) is 24.4 Å². The largest absolute Gasteiger partial charge is 0.331 e. The minimum Gasteiger partial charge on any atom is -0.331 e. The molecule has 74 valence electrons. The van der Waals surface area contributed by atoms with Crippen molar-refractivity contribution in [1.29, 1.82) is 0 Å². The molecule has 0 aliphatic heterocycles. The molecule has 0 bridgehead atoms. The summed E-state index contributed by atoms with van der Waals surface area (Å²) in [7, 11) is 1.72. The van der Waals surface area contributed by atoms with Crippen LogP contribution >= 0.6 is 11.3 Å². The Morgan fingerprint density at radius 1 is 1.64 bits per heavy atom. The molecule has 1 aromatic heterocycles. The SMILES string of the molecule is C#CCN(C)C(=O)c1csc(C)c1C. The standard InChI is InChI=1S/C11H13NOS/c1-5-6-12(4)11(13)10-7-14-9(3)8(10)2/h1,7H,6H2,2-4H3. The van der Waals surface area contributed by atoms with Crippen molar-refractivity contribution in [2.24, 2.45) is 0 Å². The lowest BCUT2D eigenvalue weighted by Crippen LogP contribution is -2.27. The van der Waals surface area contributed by atoms with E-state index in [1.807, 2.05) is 19.2 Å². The topological polar surface area (TPSA) is 20.3 Å². The van der Waals surface area contributed by atoms with Crippen LogP contribution < -0.4 is 0 Å². The fourth-order valence-electron chi connectivity index (χ4n) is 1.14. The van der Waals surface area contributed by atoms with Crippen LogP contribution in [0.1, 0.15) is 20.8 Å². The van der Waals surface area contributed by atoms with Gasteiger partial charge in [0.1, 0.15) is 0 Å². The number of rotatable bonds is 2. The zero-order chi connectivity index (χ0) is 10.7. The van der Waals surface area contributed by atoms with Crippen molar-refractivity contribution in [1.82, 2.24) is 4.90 Å². The molecule has 0 atom stereocenters. The Bertz CT molecular complexity index is 386. The van der Waals surface area contributed by atoms with Crippen molar-refractivity contribution >= 4 is 17.2 Å². The molecule has 3 heteroatoms. The molecule has 0 saturated heterocycles. The molecule has 0 aromatic carbocycles. The normalized spacial score (nSPS) is 9.57. The number of carbonyl (C=O) groups excluding carboxylic acids is 1. The van der Waals surface area contributed by atoms with Crippen molar-refractivity contribution in [2.75, 3.05) is 13.6 Å². The average Bonchev–Trinajstić information content (AvgIpc) is 2.47. The van der Waals surface area contributed by atoms with Gasteiger partial charge in [0.25, 0.3) is 5.91 Å². The molecule has 0 fully saturated rings. The maximum absolute atomic E-state index is 11.8. The molecule has 1 amide bonds. The van der Waals surface area contributed by atoms with E-state index < -0.39 is 0 Å². The van der Waals surface area contributed by atoms with Crippen LogP contribution in [0.4, 0.5) is 0 Å². The maximum atomic E-state index is 11.8. The fourth-order valence-corrected chi connectivity index (χ4v) is 2.00. The molecule has 0 N–H and O–H groups in total. The van der Waals surface area contributed by atoms with Gasteiger partial charge in [0.2, 0.25) is 0 Å². The third-order valence-corrected chi connectivity index (χ3v) is 3.20. The Kier molecular flexibility index (Phi) is 3.32. The van der Waals surface area contributed by atoms with Gasteiger partial charge in [0.05, 0.1) is 12.1 Å². The van der Waals surface area contributed by atoms with E-state index in [2.05, 4.69) is 5.92 Å². The van der Waals surface area contributed by atoms with Gasteiger partial charge in [-0.3, -0.25) is 4.79 Å². The number of hydrogen-bond donors (Lipinski definition) is 0. The van der Waals surface area contributed by atoms with E-state index in [1.165, 1.54) is 4.88 Å². The van der Waals surface area contributed by atoms with Gasteiger partial charge in [-0.25, -0.2) is 0 Å². The quantitative estimate of drug-likeness (QED) is 0.680. The second-order valence-corrected chi connectivity index (χ2v) is 4.28. The second-order valence-electron chi connectivity index (χ2n) is 3.20. The first kappa shape index (κ1) is 10.8. The van der Waals surface area contributed by atoms with Crippen LogP contribution in [0.25, 0.3) is 0 Å². The lowest BCUT2D eigenvalue weighted by Gasteiger charge is -2.13. The Morgan fingerprint density at radius 2 is 2.29 bits per heavy atom. The molecule has 0 aliphatic rings. The van der Waals surface area contributed by atoms with Gasteiger partial charge in [-0.2, -0.15) is 0 Å². The van der Waals surface area contributed by atoms with E-state index in [0.29, 0.717) is 6.54 Å². The first-order chi connectivity index (χ1) is 6.57. The van der Waals surface area contributed by atoms with Crippen LogP contribution in [0, 0.1) is 26.2 Å². The molecule has 0 spiro atoms. The highest BCUT2D eigenvalue weighted by atomic mass is 32.1. The van der Waals surface area contributed by atoms with Gasteiger partial charge in [0.15, 0.2) is 0 Å². The van der Waals surface area contributed by atoms with E-state index >= 15 is 0 Å². The van der Waals surface area contributed by atoms with E-state index in [1.54, 1.807) is 23.3 Å². The van der Waals surface area contributed by atoms with Crippen molar-refractivity contribution < 1.29 is 4.79 Å². The predicted octanol–water partition coefficient (Wildman–Crippen LogP) is 2.07. The summed E-state index contributed by atoms with van der Waals surface area (Å²) >= 11 is 1.60. The van der Waals surface area contributed by atoms with E-state index in [0.717, 1.165) is 11.1 Å². The highest BCUT2D eigenvalue weighted by Crippen LogP contribution is 2.21. The maximum Gasteiger partial charge on any atom is 0.255 e. The van der Waals surface area contributed by atoms with Gasteiger partial charge in [-0.15, -0.1) is 17.8 Å². The minimum atomic E-state index is 0.00444. The Labute approximate surface area is 88.5 Å². The highest BCUT2D eigenvalue weighted by molar-refractivity contribution is 7.10. The zero-order valence-electron chi connectivity index (χ0n) is 8.63. The monoisotopic (exact) mass is 207 g/mol. The van der Waals surface area contributed by atoms with Crippen molar-refractivity contribution in [3.05, 3.63) is 21.4 Å². The van der Waals surface area contributed by atoms with Crippen molar-refractivity contribution in [2.45, 2.75) is 13.8 Å². The minimum absolute atomic E-state index is 0.00444. The average molecular weight is 207 g/mol. The lowest BCUT2D eigenvalue weighted by atomic mass is 10.1. The first-order valence-electron chi connectivity index (χ1n) is 4.31. The summed E-state index contributed by atoms with van der Waals surface area (Å²) in [5.74, 6) is 2.46. The number of nitrogens with zero attached hydrogens (tertiary/aromatic N) is 1. The third-order valence-electron chi connectivity index (χ3n) is 2.19.